The molecule has 1 aromatic carbocycles. The average Bonchev–Trinajstić information content (AvgIpc) is 3.18. The van der Waals surface area contributed by atoms with Crippen molar-refractivity contribution in [3.8, 4) is 5.75 Å². The lowest BCUT2D eigenvalue weighted by atomic mass is 10.2. The molecule has 0 radical (unpaired) electrons. The van der Waals surface area contributed by atoms with Crippen LogP contribution in [0.25, 0.3) is 0 Å². The molecule has 0 bridgehead atoms. The number of carbonyl (C=O) groups is 1. The van der Waals surface area contributed by atoms with Gasteiger partial charge in [-0.2, -0.15) is 0 Å². The number of hydrogen-bond acceptors (Lipinski definition) is 3. The zero-order valence-electron chi connectivity index (χ0n) is 10.3. The molecule has 1 aromatic rings. The molecule has 98 valence electrons. The normalized spacial score (nSPS) is 14.3. The summed E-state index contributed by atoms with van der Waals surface area (Å²) in [6.07, 6.45) is 2.57. The SMILES string of the molecule is CNC(=O)COc1ccc(CNC2CC2)cc1Br. The Balaban J connectivity index is 1.89. The van der Waals surface area contributed by atoms with Gasteiger partial charge < -0.3 is 15.4 Å². The molecule has 0 aromatic heterocycles. The van der Waals surface area contributed by atoms with Crippen molar-refractivity contribution in [2.75, 3.05) is 13.7 Å². The second-order valence-electron chi connectivity index (χ2n) is 4.38. The van der Waals surface area contributed by atoms with Crippen LogP contribution in [0.1, 0.15) is 18.4 Å². The van der Waals surface area contributed by atoms with Crippen LogP contribution in [0.15, 0.2) is 22.7 Å². The molecule has 2 N–H and O–H groups in total. The fraction of sp³-hybridized carbons (Fsp3) is 0.462. The fourth-order valence-corrected chi connectivity index (χ4v) is 2.08. The van der Waals surface area contributed by atoms with Gasteiger partial charge in [0.1, 0.15) is 5.75 Å². The molecule has 0 heterocycles. The molecular weight excluding hydrogens is 296 g/mol. The van der Waals surface area contributed by atoms with Crippen LogP contribution in [0.5, 0.6) is 5.75 Å². The van der Waals surface area contributed by atoms with Gasteiger partial charge in [-0.25, -0.2) is 0 Å². The van der Waals surface area contributed by atoms with E-state index in [0.717, 1.165) is 11.0 Å². The van der Waals surface area contributed by atoms with Crippen LogP contribution < -0.4 is 15.4 Å². The Labute approximate surface area is 115 Å². The predicted molar refractivity (Wildman–Crippen MR) is 73.6 cm³/mol. The lowest BCUT2D eigenvalue weighted by Gasteiger charge is -2.09. The van der Waals surface area contributed by atoms with Crippen molar-refractivity contribution >= 4 is 21.8 Å². The Morgan fingerprint density at radius 2 is 2.28 bits per heavy atom. The van der Waals surface area contributed by atoms with Crippen LogP contribution in [0, 0.1) is 0 Å². The van der Waals surface area contributed by atoms with Gasteiger partial charge in [0.2, 0.25) is 0 Å². The van der Waals surface area contributed by atoms with Gasteiger partial charge in [-0.05, 0) is 46.5 Å². The number of hydrogen-bond donors (Lipinski definition) is 2. The van der Waals surface area contributed by atoms with Gasteiger partial charge in [0.05, 0.1) is 4.47 Å². The summed E-state index contributed by atoms with van der Waals surface area (Å²) >= 11 is 3.46. The summed E-state index contributed by atoms with van der Waals surface area (Å²) in [7, 11) is 1.59. The molecule has 5 heteroatoms. The maximum absolute atomic E-state index is 11.1. The molecular formula is C13H17BrN2O2. The van der Waals surface area contributed by atoms with Crippen LogP contribution in [0.4, 0.5) is 0 Å². The van der Waals surface area contributed by atoms with Crippen LogP contribution in [0.3, 0.4) is 0 Å². The lowest BCUT2D eigenvalue weighted by molar-refractivity contribution is -0.122. The van der Waals surface area contributed by atoms with E-state index in [4.69, 9.17) is 4.74 Å². The van der Waals surface area contributed by atoms with Gasteiger partial charge in [-0.1, -0.05) is 6.07 Å². The third-order valence-electron chi connectivity index (χ3n) is 2.81. The maximum atomic E-state index is 11.1. The van der Waals surface area contributed by atoms with Crippen molar-refractivity contribution in [1.82, 2.24) is 10.6 Å². The Kier molecular flexibility index (Phi) is 4.60. The van der Waals surface area contributed by atoms with Gasteiger partial charge >= 0.3 is 0 Å². The summed E-state index contributed by atoms with van der Waals surface area (Å²) < 4.78 is 6.28. The van der Waals surface area contributed by atoms with E-state index in [0.29, 0.717) is 11.8 Å². The van der Waals surface area contributed by atoms with Crippen LogP contribution in [0.2, 0.25) is 0 Å². The molecule has 18 heavy (non-hydrogen) atoms. The number of rotatable bonds is 6. The maximum Gasteiger partial charge on any atom is 0.257 e. The van der Waals surface area contributed by atoms with E-state index in [2.05, 4.69) is 26.6 Å². The minimum Gasteiger partial charge on any atom is -0.483 e. The summed E-state index contributed by atoms with van der Waals surface area (Å²) in [6.45, 7) is 0.910. The Morgan fingerprint density at radius 1 is 1.50 bits per heavy atom. The van der Waals surface area contributed by atoms with Crippen molar-refractivity contribution in [3.63, 3.8) is 0 Å². The second kappa shape index (κ2) is 6.20. The molecule has 0 unspecified atom stereocenters. The monoisotopic (exact) mass is 312 g/mol. The van der Waals surface area contributed by atoms with Crippen molar-refractivity contribution in [1.29, 1.82) is 0 Å². The number of benzene rings is 1. The number of amides is 1. The number of nitrogens with one attached hydrogen (secondary N) is 2. The third-order valence-corrected chi connectivity index (χ3v) is 3.43. The highest BCUT2D eigenvalue weighted by Gasteiger charge is 2.20. The lowest BCUT2D eigenvalue weighted by Crippen LogP contribution is -2.24. The van der Waals surface area contributed by atoms with Crippen LogP contribution in [-0.4, -0.2) is 25.6 Å². The Hall–Kier alpha value is -1.07. The van der Waals surface area contributed by atoms with Gasteiger partial charge in [0.25, 0.3) is 5.91 Å². The molecule has 1 saturated carbocycles. The van der Waals surface area contributed by atoms with E-state index >= 15 is 0 Å². The summed E-state index contributed by atoms with van der Waals surface area (Å²) in [5.41, 5.74) is 1.21. The van der Waals surface area contributed by atoms with E-state index < -0.39 is 0 Å². The fourth-order valence-electron chi connectivity index (χ4n) is 1.54. The minimum absolute atomic E-state index is 0.0365. The van der Waals surface area contributed by atoms with E-state index in [1.165, 1.54) is 18.4 Å². The van der Waals surface area contributed by atoms with Crippen LogP contribution >= 0.6 is 15.9 Å². The highest BCUT2D eigenvalue weighted by atomic mass is 79.9. The standard InChI is InChI=1S/C13H17BrN2O2/c1-15-13(17)8-18-12-5-2-9(6-11(12)14)7-16-10-3-4-10/h2,5-6,10,16H,3-4,7-8H2,1H3,(H,15,17). The van der Waals surface area contributed by atoms with E-state index in [1.54, 1.807) is 7.05 Å². The predicted octanol–water partition coefficient (Wildman–Crippen LogP) is 1.83. The minimum atomic E-state index is -0.138. The summed E-state index contributed by atoms with van der Waals surface area (Å²) in [6, 6.07) is 6.62. The number of likely N-dealkylation sites (N-methyl/N-ethyl adjacent to an activating group) is 1. The van der Waals surface area contributed by atoms with E-state index in [9.17, 15) is 4.79 Å². The van der Waals surface area contributed by atoms with Crippen molar-refractivity contribution in [2.24, 2.45) is 0 Å². The quantitative estimate of drug-likeness (QED) is 0.842. The highest BCUT2D eigenvalue weighted by Crippen LogP contribution is 2.26. The summed E-state index contributed by atoms with van der Waals surface area (Å²) in [4.78, 5) is 11.1. The van der Waals surface area contributed by atoms with Crippen molar-refractivity contribution in [2.45, 2.75) is 25.4 Å². The molecule has 0 saturated heterocycles. The third kappa shape index (κ3) is 3.99. The average molecular weight is 313 g/mol. The largest absolute Gasteiger partial charge is 0.483 e. The topological polar surface area (TPSA) is 50.4 Å². The molecule has 1 aliphatic rings. The van der Waals surface area contributed by atoms with Crippen molar-refractivity contribution < 1.29 is 9.53 Å². The Morgan fingerprint density at radius 3 is 2.89 bits per heavy atom. The van der Waals surface area contributed by atoms with Crippen molar-refractivity contribution in [3.05, 3.63) is 28.2 Å². The second-order valence-corrected chi connectivity index (χ2v) is 5.24. The van der Waals surface area contributed by atoms with Gasteiger partial charge in [-0.15, -0.1) is 0 Å². The highest BCUT2D eigenvalue weighted by molar-refractivity contribution is 9.10. The first kappa shape index (κ1) is 13.4. The first-order valence-electron chi connectivity index (χ1n) is 6.04. The molecule has 0 atom stereocenters. The first-order chi connectivity index (χ1) is 8.69. The molecule has 4 nitrogen and oxygen atoms in total. The number of carbonyl (C=O) groups excluding carboxylic acids is 1. The first-order valence-corrected chi connectivity index (χ1v) is 6.83. The smallest absolute Gasteiger partial charge is 0.257 e. The summed E-state index contributed by atoms with van der Waals surface area (Å²) in [5.74, 6) is 0.551. The van der Waals surface area contributed by atoms with E-state index in [1.807, 2.05) is 18.2 Å². The number of halogens is 1. The molecule has 1 aliphatic carbocycles. The zero-order chi connectivity index (χ0) is 13.0. The summed E-state index contributed by atoms with van der Waals surface area (Å²) in [5, 5.41) is 5.97. The molecule has 2 rings (SSSR count). The van der Waals surface area contributed by atoms with Gasteiger partial charge in [-0.3, -0.25) is 4.79 Å². The van der Waals surface area contributed by atoms with E-state index in [-0.39, 0.29) is 12.5 Å². The molecule has 1 fully saturated rings. The number of ether oxygens (including phenoxy) is 1. The van der Waals surface area contributed by atoms with Gasteiger partial charge in [0.15, 0.2) is 6.61 Å². The van der Waals surface area contributed by atoms with Crippen LogP contribution in [-0.2, 0) is 11.3 Å². The Bertz CT molecular complexity index is 433. The molecule has 1 amide bonds. The molecule has 0 aliphatic heterocycles. The molecule has 0 spiro atoms. The van der Waals surface area contributed by atoms with Gasteiger partial charge in [0, 0.05) is 19.6 Å². The zero-order valence-corrected chi connectivity index (χ0v) is 11.9.